The molecule has 0 atom stereocenters. The minimum atomic E-state index is 0.106. The van der Waals surface area contributed by atoms with Crippen molar-refractivity contribution in [2.75, 3.05) is 19.8 Å². The molecule has 0 aromatic carbocycles. The van der Waals surface area contributed by atoms with Crippen LogP contribution in [0.2, 0.25) is 0 Å². The normalized spacial score (nSPS) is 17.2. The van der Waals surface area contributed by atoms with Crippen molar-refractivity contribution in [1.29, 1.82) is 0 Å². The maximum Gasteiger partial charge on any atom is 0.219 e. The van der Waals surface area contributed by atoms with Crippen molar-refractivity contribution in [2.24, 2.45) is 5.92 Å². The van der Waals surface area contributed by atoms with Gasteiger partial charge in [0.2, 0.25) is 5.91 Å². The Morgan fingerprint density at radius 2 is 2.14 bits per heavy atom. The van der Waals surface area contributed by atoms with E-state index in [2.05, 4.69) is 5.32 Å². The van der Waals surface area contributed by atoms with Crippen LogP contribution in [0.25, 0.3) is 0 Å². The highest BCUT2D eigenvalue weighted by atomic mass is 16.5. The molecule has 0 spiro atoms. The smallest absolute Gasteiger partial charge is 0.219 e. The molecule has 0 unspecified atom stereocenters. The molecule has 1 rings (SSSR count). The lowest BCUT2D eigenvalue weighted by Gasteiger charge is -2.09. The first kappa shape index (κ1) is 11.5. The van der Waals surface area contributed by atoms with Gasteiger partial charge in [0, 0.05) is 19.6 Å². The molecule has 1 fully saturated rings. The molecular formula is C11H21NO2. The molecule has 0 aromatic rings. The van der Waals surface area contributed by atoms with Crippen LogP contribution < -0.4 is 5.32 Å². The Hall–Kier alpha value is -0.570. The molecule has 14 heavy (non-hydrogen) atoms. The van der Waals surface area contributed by atoms with Crippen LogP contribution in [0.5, 0.6) is 0 Å². The Bertz CT molecular complexity index is 165. The molecule has 0 heterocycles. The van der Waals surface area contributed by atoms with E-state index in [-0.39, 0.29) is 5.91 Å². The number of amides is 1. The minimum absolute atomic E-state index is 0.106. The summed E-state index contributed by atoms with van der Waals surface area (Å²) in [4.78, 5) is 10.9. The van der Waals surface area contributed by atoms with Gasteiger partial charge in [-0.05, 0) is 18.8 Å². The van der Waals surface area contributed by atoms with Crippen LogP contribution in [0.15, 0.2) is 0 Å². The van der Waals surface area contributed by atoms with E-state index in [1.807, 2.05) is 6.92 Å². The Kier molecular flexibility index (Phi) is 5.60. The monoisotopic (exact) mass is 199 g/mol. The van der Waals surface area contributed by atoms with Crippen molar-refractivity contribution >= 4 is 5.91 Å². The van der Waals surface area contributed by atoms with Gasteiger partial charge in [0.25, 0.3) is 0 Å². The zero-order chi connectivity index (χ0) is 10.2. The first-order valence-corrected chi connectivity index (χ1v) is 5.67. The highest BCUT2D eigenvalue weighted by Crippen LogP contribution is 2.24. The maximum absolute atomic E-state index is 10.9. The first-order valence-electron chi connectivity index (χ1n) is 5.67. The highest BCUT2D eigenvalue weighted by molar-refractivity contribution is 5.75. The summed E-state index contributed by atoms with van der Waals surface area (Å²) in [6.45, 7) is 4.04. The lowest BCUT2D eigenvalue weighted by atomic mass is 10.1. The van der Waals surface area contributed by atoms with Crippen molar-refractivity contribution in [3.8, 4) is 0 Å². The second-order valence-corrected chi connectivity index (χ2v) is 3.93. The first-order chi connectivity index (χ1) is 6.83. The fraction of sp³-hybridized carbons (Fsp3) is 0.909. The molecule has 0 aliphatic heterocycles. The van der Waals surface area contributed by atoms with Crippen LogP contribution in [0.1, 0.15) is 39.0 Å². The summed E-state index contributed by atoms with van der Waals surface area (Å²) in [5.41, 5.74) is 0. The SMILES string of the molecule is CCC(=O)NCCOCC1CCCC1. The second-order valence-electron chi connectivity index (χ2n) is 3.93. The van der Waals surface area contributed by atoms with Gasteiger partial charge in [0.15, 0.2) is 0 Å². The largest absolute Gasteiger partial charge is 0.379 e. The summed E-state index contributed by atoms with van der Waals surface area (Å²) >= 11 is 0. The standard InChI is InChI=1S/C11H21NO2/c1-2-11(13)12-7-8-14-9-10-5-3-4-6-10/h10H,2-9H2,1H3,(H,12,13). The molecule has 1 N–H and O–H groups in total. The topological polar surface area (TPSA) is 38.3 Å². The van der Waals surface area contributed by atoms with Crippen LogP contribution >= 0.6 is 0 Å². The zero-order valence-corrected chi connectivity index (χ0v) is 9.05. The predicted octanol–water partition coefficient (Wildman–Crippen LogP) is 1.72. The van der Waals surface area contributed by atoms with Gasteiger partial charge in [-0.3, -0.25) is 4.79 Å². The maximum atomic E-state index is 10.9. The number of hydrogen-bond donors (Lipinski definition) is 1. The van der Waals surface area contributed by atoms with Gasteiger partial charge in [-0.1, -0.05) is 19.8 Å². The lowest BCUT2D eigenvalue weighted by Crippen LogP contribution is -2.26. The number of hydrogen-bond acceptors (Lipinski definition) is 2. The summed E-state index contributed by atoms with van der Waals surface area (Å²) in [6, 6.07) is 0. The van der Waals surface area contributed by atoms with Crippen molar-refractivity contribution in [1.82, 2.24) is 5.32 Å². The van der Waals surface area contributed by atoms with Crippen molar-refractivity contribution in [3.63, 3.8) is 0 Å². The van der Waals surface area contributed by atoms with E-state index < -0.39 is 0 Å². The summed E-state index contributed by atoms with van der Waals surface area (Å²) in [6.07, 6.45) is 5.92. The van der Waals surface area contributed by atoms with Crippen molar-refractivity contribution in [3.05, 3.63) is 0 Å². The molecule has 0 aromatic heterocycles. The Morgan fingerprint density at radius 3 is 2.79 bits per heavy atom. The number of ether oxygens (including phenoxy) is 1. The fourth-order valence-corrected chi connectivity index (χ4v) is 1.81. The van der Waals surface area contributed by atoms with Gasteiger partial charge in [0.05, 0.1) is 6.61 Å². The molecule has 3 nitrogen and oxygen atoms in total. The van der Waals surface area contributed by atoms with Crippen LogP contribution in [0, 0.1) is 5.92 Å². The number of carbonyl (C=O) groups is 1. The quantitative estimate of drug-likeness (QED) is 0.661. The average molecular weight is 199 g/mol. The highest BCUT2D eigenvalue weighted by Gasteiger charge is 2.14. The summed E-state index contributed by atoms with van der Waals surface area (Å²) < 4.78 is 5.50. The van der Waals surface area contributed by atoms with Gasteiger partial charge in [-0.15, -0.1) is 0 Å². The molecule has 1 aliphatic carbocycles. The van der Waals surface area contributed by atoms with Crippen molar-refractivity contribution < 1.29 is 9.53 Å². The third-order valence-electron chi connectivity index (χ3n) is 2.72. The zero-order valence-electron chi connectivity index (χ0n) is 9.05. The molecule has 0 saturated heterocycles. The van der Waals surface area contributed by atoms with E-state index >= 15 is 0 Å². The number of rotatable bonds is 6. The molecule has 1 amide bonds. The van der Waals surface area contributed by atoms with Crippen molar-refractivity contribution in [2.45, 2.75) is 39.0 Å². The number of carbonyl (C=O) groups excluding carboxylic acids is 1. The molecule has 0 radical (unpaired) electrons. The minimum Gasteiger partial charge on any atom is -0.379 e. The number of nitrogens with one attached hydrogen (secondary N) is 1. The van der Waals surface area contributed by atoms with Crippen LogP contribution in [0.4, 0.5) is 0 Å². The lowest BCUT2D eigenvalue weighted by molar-refractivity contribution is -0.121. The van der Waals surface area contributed by atoms with Gasteiger partial charge >= 0.3 is 0 Å². The third kappa shape index (κ3) is 4.61. The van der Waals surface area contributed by atoms with E-state index in [1.165, 1.54) is 25.7 Å². The Labute approximate surface area is 86.2 Å². The van der Waals surface area contributed by atoms with Crippen LogP contribution in [0.3, 0.4) is 0 Å². The van der Waals surface area contributed by atoms with E-state index in [9.17, 15) is 4.79 Å². The Balaban J connectivity index is 1.86. The molecule has 1 saturated carbocycles. The van der Waals surface area contributed by atoms with E-state index in [0.717, 1.165) is 12.5 Å². The van der Waals surface area contributed by atoms with E-state index in [1.54, 1.807) is 0 Å². The third-order valence-corrected chi connectivity index (χ3v) is 2.72. The average Bonchev–Trinajstić information content (AvgIpc) is 2.69. The summed E-state index contributed by atoms with van der Waals surface area (Å²) in [5, 5.41) is 2.79. The Morgan fingerprint density at radius 1 is 1.43 bits per heavy atom. The van der Waals surface area contributed by atoms with Gasteiger partial charge in [0.1, 0.15) is 0 Å². The molecule has 3 heteroatoms. The van der Waals surface area contributed by atoms with E-state index in [0.29, 0.717) is 19.6 Å². The molecule has 1 aliphatic rings. The van der Waals surface area contributed by atoms with Gasteiger partial charge < -0.3 is 10.1 Å². The predicted molar refractivity (Wildman–Crippen MR) is 56.1 cm³/mol. The fourth-order valence-electron chi connectivity index (χ4n) is 1.81. The van der Waals surface area contributed by atoms with Gasteiger partial charge in [-0.25, -0.2) is 0 Å². The summed E-state index contributed by atoms with van der Waals surface area (Å²) in [5.74, 6) is 0.881. The summed E-state index contributed by atoms with van der Waals surface area (Å²) in [7, 11) is 0. The van der Waals surface area contributed by atoms with Crippen LogP contribution in [-0.4, -0.2) is 25.7 Å². The van der Waals surface area contributed by atoms with E-state index in [4.69, 9.17) is 4.74 Å². The van der Waals surface area contributed by atoms with Gasteiger partial charge in [-0.2, -0.15) is 0 Å². The molecular weight excluding hydrogens is 178 g/mol. The van der Waals surface area contributed by atoms with Crippen LogP contribution in [-0.2, 0) is 9.53 Å². The second kappa shape index (κ2) is 6.82. The molecule has 0 bridgehead atoms. The molecule has 82 valence electrons.